The van der Waals surface area contributed by atoms with Crippen LogP contribution in [0.15, 0.2) is 18.2 Å². The van der Waals surface area contributed by atoms with E-state index in [1.807, 2.05) is 0 Å². The van der Waals surface area contributed by atoms with Crippen LogP contribution in [0.1, 0.15) is 25.8 Å². The minimum atomic E-state index is -2.92. The summed E-state index contributed by atoms with van der Waals surface area (Å²) in [6, 6.07) is 4.36. The van der Waals surface area contributed by atoms with Crippen LogP contribution in [-0.2, 0) is 11.3 Å². The fourth-order valence-electron chi connectivity index (χ4n) is 2.17. The smallest absolute Gasteiger partial charge is 0.387 e. The van der Waals surface area contributed by atoms with Gasteiger partial charge in [-0.2, -0.15) is 8.78 Å². The second kappa shape index (κ2) is 11.5. The van der Waals surface area contributed by atoms with Crippen LogP contribution >= 0.6 is 0 Å². The van der Waals surface area contributed by atoms with Crippen molar-refractivity contribution in [2.45, 2.75) is 33.4 Å². The van der Waals surface area contributed by atoms with Crippen LogP contribution in [0.4, 0.5) is 13.6 Å². The molecule has 0 saturated carbocycles. The molecule has 0 saturated heterocycles. The van der Waals surface area contributed by atoms with Crippen molar-refractivity contribution in [3.8, 4) is 11.5 Å². The molecule has 0 bridgehead atoms. The number of rotatable bonds is 11. The normalized spacial score (nSPS) is 10.9. The Morgan fingerprint density at radius 1 is 1.27 bits per heavy atom. The maximum absolute atomic E-state index is 12.3. The number of urea groups is 1. The molecule has 0 spiro atoms. The molecule has 0 atom stereocenters. The van der Waals surface area contributed by atoms with E-state index in [0.717, 1.165) is 12.0 Å². The molecule has 0 fully saturated rings. The molecule has 0 aliphatic rings. The number of nitrogens with zero attached hydrogens (tertiary/aromatic N) is 1. The first-order valence-electron chi connectivity index (χ1n) is 8.52. The molecule has 148 valence electrons. The molecular formula is C18H28F2N2O4. The largest absolute Gasteiger partial charge is 0.493 e. The first kappa shape index (κ1) is 22.0. The van der Waals surface area contributed by atoms with Gasteiger partial charge in [0, 0.05) is 33.4 Å². The fourth-order valence-corrected chi connectivity index (χ4v) is 2.17. The maximum Gasteiger partial charge on any atom is 0.387 e. The molecular weight excluding hydrogens is 346 g/mol. The summed E-state index contributed by atoms with van der Waals surface area (Å²) in [6.45, 7) is 3.38. The second-order valence-electron chi connectivity index (χ2n) is 6.27. The molecule has 0 aliphatic heterocycles. The predicted octanol–water partition coefficient (Wildman–Crippen LogP) is 3.50. The van der Waals surface area contributed by atoms with Gasteiger partial charge in [0.05, 0.1) is 7.11 Å². The van der Waals surface area contributed by atoms with Gasteiger partial charge < -0.3 is 24.4 Å². The summed E-state index contributed by atoms with van der Waals surface area (Å²) < 4.78 is 39.6. The highest BCUT2D eigenvalue weighted by molar-refractivity contribution is 5.73. The first-order chi connectivity index (χ1) is 12.3. The third kappa shape index (κ3) is 8.33. The average Bonchev–Trinajstić information content (AvgIpc) is 2.58. The molecule has 26 heavy (non-hydrogen) atoms. The lowest BCUT2D eigenvalue weighted by atomic mass is 10.2. The Bertz CT molecular complexity index is 556. The number of halogens is 2. The van der Waals surface area contributed by atoms with Gasteiger partial charge in [-0.3, -0.25) is 0 Å². The number of methoxy groups -OCH3 is 1. The zero-order valence-electron chi connectivity index (χ0n) is 15.8. The second-order valence-corrected chi connectivity index (χ2v) is 6.27. The Labute approximate surface area is 153 Å². The van der Waals surface area contributed by atoms with E-state index in [1.54, 1.807) is 19.2 Å². The summed E-state index contributed by atoms with van der Waals surface area (Å²) in [6.07, 6.45) is 0.736. The van der Waals surface area contributed by atoms with Crippen LogP contribution in [0.25, 0.3) is 0 Å². The van der Waals surface area contributed by atoms with Crippen LogP contribution in [0.5, 0.6) is 11.5 Å². The van der Waals surface area contributed by atoms with Crippen molar-refractivity contribution in [3.63, 3.8) is 0 Å². The Morgan fingerprint density at radius 3 is 2.62 bits per heavy atom. The van der Waals surface area contributed by atoms with E-state index in [9.17, 15) is 13.6 Å². The molecule has 0 unspecified atom stereocenters. The highest BCUT2D eigenvalue weighted by Crippen LogP contribution is 2.29. The van der Waals surface area contributed by atoms with E-state index in [2.05, 4.69) is 23.9 Å². The minimum Gasteiger partial charge on any atom is -0.493 e. The van der Waals surface area contributed by atoms with Crippen molar-refractivity contribution >= 4 is 6.03 Å². The number of amides is 2. The van der Waals surface area contributed by atoms with Gasteiger partial charge >= 0.3 is 12.6 Å². The van der Waals surface area contributed by atoms with E-state index in [4.69, 9.17) is 9.47 Å². The molecule has 0 radical (unpaired) electrons. The van der Waals surface area contributed by atoms with Crippen LogP contribution in [0.3, 0.4) is 0 Å². The van der Waals surface area contributed by atoms with E-state index >= 15 is 0 Å². The molecule has 2 amide bonds. The van der Waals surface area contributed by atoms with Crippen molar-refractivity contribution in [1.29, 1.82) is 0 Å². The van der Waals surface area contributed by atoms with E-state index in [1.165, 1.54) is 18.1 Å². The van der Waals surface area contributed by atoms with Gasteiger partial charge in [0.1, 0.15) is 0 Å². The van der Waals surface area contributed by atoms with Gasteiger partial charge in [0.2, 0.25) is 0 Å². The molecule has 1 aromatic rings. The third-order valence-electron chi connectivity index (χ3n) is 3.40. The number of ether oxygens (including phenoxy) is 3. The van der Waals surface area contributed by atoms with E-state index in [-0.39, 0.29) is 17.5 Å². The molecule has 1 N–H and O–H groups in total. The molecule has 0 aromatic heterocycles. The van der Waals surface area contributed by atoms with Crippen LogP contribution < -0.4 is 14.8 Å². The molecule has 6 nitrogen and oxygen atoms in total. The number of benzene rings is 1. The quantitative estimate of drug-likeness (QED) is 0.602. The Balaban J connectivity index is 2.43. The van der Waals surface area contributed by atoms with Crippen LogP contribution in [-0.4, -0.2) is 51.5 Å². The number of alkyl halides is 2. The number of carbonyl (C=O) groups is 1. The highest BCUT2D eigenvalue weighted by Gasteiger charge is 2.13. The highest BCUT2D eigenvalue weighted by atomic mass is 19.3. The third-order valence-corrected chi connectivity index (χ3v) is 3.40. The number of hydrogen-bond donors (Lipinski definition) is 1. The standard InChI is InChI=1S/C18H28F2N2O4/c1-13(2)12-25-9-5-8-21-18(23)22(3)11-14-6-7-15(26-17(19)20)16(10-14)24-4/h6-7,10,13,17H,5,8-9,11-12H2,1-4H3,(H,21,23). The Morgan fingerprint density at radius 2 is 2.00 bits per heavy atom. The van der Waals surface area contributed by atoms with Gasteiger partial charge in [0.25, 0.3) is 0 Å². The van der Waals surface area contributed by atoms with Crippen molar-refractivity contribution in [2.24, 2.45) is 5.92 Å². The van der Waals surface area contributed by atoms with Gasteiger partial charge in [-0.15, -0.1) is 0 Å². The molecule has 1 rings (SSSR count). The van der Waals surface area contributed by atoms with Crippen LogP contribution in [0.2, 0.25) is 0 Å². The lowest BCUT2D eigenvalue weighted by molar-refractivity contribution is -0.0512. The summed E-state index contributed by atoms with van der Waals surface area (Å²) >= 11 is 0. The van der Waals surface area contributed by atoms with E-state index < -0.39 is 6.61 Å². The molecule has 8 heteroatoms. The minimum absolute atomic E-state index is 0.0419. The molecule has 0 aliphatic carbocycles. The van der Waals surface area contributed by atoms with Gasteiger partial charge in [-0.25, -0.2) is 4.79 Å². The molecule has 1 aromatic carbocycles. The topological polar surface area (TPSA) is 60.0 Å². The molecule has 0 heterocycles. The Hall–Kier alpha value is -2.09. The number of carbonyl (C=O) groups excluding carboxylic acids is 1. The van der Waals surface area contributed by atoms with Crippen LogP contribution in [0, 0.1) is 5.92 Å². The number of hydrogen-bond acceptors (Lipinski definition) is 4. The van der Waals surface area contributed by atoms with Crippen molar-refractivity contribution < 1.29 is 27.8 Å². The summed E-state index contributed by atoms with van der Waals surface area (Å²) in [4.78, 5) is 13.6. The predicted molar refractivity (Wildman–Crippen MR) is 94.8 cm³/mol. The number of nitrogens with one attached hydrogen (secondary N) is 1. The zero-order chi connectivity index (χ0) is 19.5. The summed E-state index contributed by atoms with van der Waals surface area (Å²) in [5.74, 6) is 0.642. The fraction of sp³-hybridized carbons (Fsp3) is 0.611. The SMILES string of the molecule is COc1cc(CN(C)C(=O)NCCCOCC(C)C)ccc1OC(F)F. The summed E-state index contributed by atoms with van der Waals surface area (Å²) in [5, 5.41) is 2.81. The van der Waals surface area contributed by atoms with Crippen molar-refractivity contribution in [1.82, 2.24) is 10.2 Å². The maximum atomic E-state index is 12.3. The monoisotopic (exact) mass is 374 g/mol. The first-order valence-corrected chi connectivity index (χ1v) is 8.52. The zero-order valence-corrected chi connectivity index (χ0v) is 15.8. The average molecular weight is 374 g/mol. The lowest BCUT2D eigenvalue weighted by Crippen LogP contribution is -2.37. The van der Waals surface area contributed by atoms with Crippen molar-refractivity contribution in [3.05, 3.63) is 23.8 Å². The van der Waals surface area contributed by atoms with E-state index in [0.29, 0.717) is 32.2 Å². The van der Waals surface area contributed by atoms with Gasteiger partial charge in [-0.1, -0.05) is 19.9 Å². The summed E-state index contributed by atoms with van der Waals surface area (Å²) in [5.41, 5.74) is 0.737. The Kier molecular flexibility index (Phi) is 9.72. The lowest BCUT2D eigenvalue weighted by Gasteiger charge is -2.19. The van der Waals surface area contributed by atoms with Crippen molar-refractivity contribution in [2.75, 3.05) is 33.9 Å². The van der Waals surface area contributed by atoms with Gasteiger partial charge in [-0.05, 0) is 30.0 Å². The summed E-state index contributed by atoms with van der Waals surface area (Å²) in [7, 11) is 3.02. The van der Waals surface area contributed by atoms with Gasteiger partial charge in [0.15, 0.2) is 11.5 Å².